The van der Waals surface area contributed by atoms with Crippen molar-refractivity contribution in [3.05, 3.63) is 71.8 Å². The van der Waals surface area contributed by atoms with Gasteiger partial charge in [-0.15, -0.1) is 11.3 Å². The lowest BCUT2D eigenvalue weighted by Gasteiger charge is -2.02. The molecule has 0 saturated heterocycles. The number of aromatic nitrogens is 4. The topological polar surface area (TPSA) is 64.2 Å². The fourth-order valence-corrected chi connectivity index (χ4v) is 3.36. The Morgan fingerprint density at radius 3 is 2.92 bits per heavy atom. The van der Waals surface area contributed by atoms with E-state index >= 15 is 0 Å². The summed E-state index contributed by atoms with van der Waals surface area (Å²) in [5.41, 5.74) is 2.91. The number of fused-ring (bicyclic) bond motifs is 1. The number of para-hydroxylation sites is 1. The highest BCUT2D eigenvalue weighted by atomic mass is 32.1. The summed E-state index contributed by atoms with van der Waals surface area (Å²) in [7, 11) is 0. The van der Waals surface area contributed by atoms with E-state index in [2.05, 4.69) is 15.4 Å². The summed E-state index contributed by atoms with van der Waals surface area (Å²) in [6.07, 6.45) is 8.72. The predicted molar refractivity (Wildman–Crippen MR) is 97.1 cm³/mol. The van der Waals surface area contributed by atoms with E-state index in [9.17, 15) is 4.79 Å². The lowest BCUT2D eigenvalue weighted by Crippen LogP contribution is -2.27. The fourth-order valence-electron chi connectivity index (χ4n) is 2.65. The number of hydrogen-bond acceptors (Lipinski definition) is 4. The van der Waals surface area contributed by atoms with Gasteiger partial charge in [0.2, 0.25) is 5.91 Å². The molecular formula is C18H17N5OS. The molecule has 0 bridgehead atoms. The van der Waals surface area contributed by atoms with Gasteiger partial charge in [0.05, 0.1) is 24.0 Å². The molecule has 3 aromatic heterocycles. The van der Waals surface area contributed by atoms with E-state index in [-0.39, 0.29) is 5.91 Å². The molecule has 0 aliphatic heterocycles. The predicted octanol–water partition coefficient (Wildman–Crippen LogP) is 2.48. The Balaban J connectivity index is 1.28. The van der Waals surface area contributed by atoms with Crippen LogP contribution in [0.5, 0.6) is 0 Å². The maximum Gasteiger partial charge on any atom is 0.226 e. The van der Waals surface area contributed by atoms with Crippen LogP contribution >= 0.6 is 11.3 Å². The van der Waals surface area contributed by atoms with Crippen molar-refractivity contribution in [2.45, 2.75) is 12.8 Å². The summed E-state index contributed by atoms with van der Waals surface area (Å²) in [4.78, 5) is 17.4. The molecule has 6 nitrogen and oxygen atoms in total. The van der Waals surface area contributed by atoms with E-state index in [1.54, 1.807) is 11.3 Å². The normalized spacial score (nSPS) is 11.0. The van der Waals surface area contributed by atoms with E-state index in [4.69, 9.17) is 0 Å². The molecule has 7 heteroatoms. The minimum absolute atomic E-state index is 0.0128. The number of nitrogens with zero attached hydrogens (tertiary/aromatic N) is 4. The van der Waals surface area contributed by atoms with Crippen LogP contribution in [0.15, 0.2) is 60.5 Å². The van der Waals surface area contributed by atoms with Crippen LogP contribution in [0.25, 0.3) is 10.6 Å². The Bertz CT molecular complexity index is 957. The number of imidazole rings is 1. The van der Waals surface area contributed by atoms with E-state index in [1.807, 2.05) is 69.6 Å². The number of amides is 1. The maximum atomic E-state index is 12.1. The molecule has 126 valence electrons. The second kappa shape index (κ2) is 6.90. The van der Waals surface area contributed by atoms with Crippen LogP contribution < -0.4 is 5.32 Å². The van der Waals surface area contributed by atoms with Crippen molar-refractivity contribution in [1.29, 1.82) is 0 Å². The van der Waals surface area contributed by atoms with Crippen molar-refractivity contribution in [2.75, 3.05) is 6.54 Å². The third-order valence-corrected chi connectivity index (χ3v) is 4.65. The van der Waals surface area contributed by atoms with E-state index in [1.165, 1.54) is 0 Å². The smallest absolute Gasteiger partial charge is 0.226 e. The molecule has 0 aliphatic rings. The van der Waals surface area contributed by atoms with E-state index in [0.29, 0.717) is 13.0 Å². The Labute approximate surface area is 148 Å². The molecule has 25 heavy (non-hydrogen) atoms. The molecule has 0 unspecified atom stereocenters. The SMILES string of the molecule is O=C(Cc1cn2ccsc2n1)NCCc1cnn(-c2ccccc2)c1. The van der Waals surface area contributed by atoms with Crippen molar-refractivity contribution in [1.82, 2.24) is 24.5 Å². The lowest BCUT2D eigenvalue weighted by molar-refractivity contribution is -0.120. The Morgan fingerprint density at radius 2 is 2.08 bits per heavy atom. The number of hydrogen-bond donors (Lipinski definition) is 1. The van der Waals surface area contributed by atoms with Gasteiger partial charge < -0.3 is 5.32 Å². The van der Waals surface area contributed by atoms with Crippen LogP contribution in [-0.2, 0) is 17.6 Å². The third kappa shape index (κ3) is 3.61. The van der Waals surface area contributed by atoms with Crippen LogP contribution in [0.3, 0.4) is 0 Å². The van der Waals surface area contributed by atoms with Gasteiger partial charge in [-0.05, 0) is 24.1 Å². The molecule has 1 amide bonds. The van der Waals surface area contributed by atoms with Gasteiger partial charge in [-0.1, -0.05) is 18.2 Å². The highest BCUT2D eigenvalue weighted by Crippen LogP contribution is 2.11. The largest absolute Gasteiger partial charge is 0.355 e. The molecule has 4 aromatic rings. The van der Waals surface area contributed by atoms with Gasteiger partial charge in [0, 0.05) is 30.5 Å². The van der Waals surface area contributed by atoms with Crippen molar-refractivity contribution in [3.63, 3.8) is 0 Å². The second-order valence-electron chi connectivity index (χ2n) is 5.73. The maximum absolute atomic E-state index is 12.1. The summed E-state index contributed by atoms with van der Waals surface area (Å²) in [6, 6.07) is 9.96. The number of thiazole rings is 1. The first-order valence-corrected chi connectivity index (χ1v) is 8.93. The monoisotopic (exact) mass is 351 g/mol. The molecule has 4 rings (SSSR count). The lowest BCUT2D eigenvalue weighted by atomic mass is 10.2. The number of nitrogens with one attached hydrogen (secondary N) is 1. The third-order valence-electron chi connectivity index (χ3n) is 3.88. The highest BCUT2D eigenvalue weighted by Gasteiger charge is 2.08. The first-order valence-electron chi connectivity index (χ1n) is 8.05. The molecular weight excluding hydrogens is 334 g/mol. The van der Waals surface area contributed by atoms with Crippen LogP contribution in [0.2, 0.25) is 0 Å². The fraction of sp³-hybridized carbons (Fsp3) is 0.167. The zero-order chi connectivity index (χ0) is 17.1. The van der Waals surface area contributed by atoms with Crippen LogP contribution in [0, 0.1) is 0 Å². The zero-order valence-electron chi connectivity index (χ0n) is 13.5. The van der Waals surface area contributed by atoms with Gasteiger partial charge in [0.15, 0.2) is 4.96 Å². The molecule has 0 aliphatic carbocycles. The van der Waals surface area contributed by atoms with Gasteiger partial charge in [-0.2, -0.15) is 5.10 Å². The van der Waals surface area contributed by atoms with Gasteiger partial charge in [0.25, 0.3) is 0 Å². The summed E-state index contributed by atoms with van der Waals surface area (Å²) in [5, 5.41) is 9.28. The first-order chi connectivity index (χ1) is 12.3. The molecule has 0 spiro atoms. The van der Waals surface area contributed by atoms with E-state index in [0.717, 1.165) is 28.3 Å². The summed E-state index contributed by atoms with van der Waals surface area (Å²) >= 11 is 1.56. The molecule has 0 saturated carbocycles. The van der Waals surface area contributed by atoms with Crippen molar-refractivity contribution >= 4 is 22.2 Å². The van der Waals surface area contributed by atoms with Gasteiger partial charge in [-0.3, -0.25) is 9.20 Å². The van der Waals surface area contributed by atoms with Gasteiger partial charge >= 0.3 is 0 Å². The molecule has 0 radical (unpaired) electrons. The van der Waals surface area contributed by atoms with Gasteiger partial charge in [-0.25, -0.2) is 9.67 Å². The average molecular weight is 351 g/mol. The number of rotatable bonds is 6. The highest BCUT2D eigenvalue weighted by molar-refractivity contribution is 7.15. The Kier molecular flexibility index (Phi) is 4.30. The Hall–Kier alpha value is -2.93. The molecule has 1 N–H and O–H groups in total. The van der Waals surface area contributed by atoms with E-state index < -0.39 is 0 Å². The van der Waals surface area contributed by atoms with Gasteiger partial charge in [0.1, 0.15) is 0 Å². The number of carbonyl (C=O) groups is 1. The quantitative estimate of drug-likeness (QED) is 0.580. The second-order valence-corrected chi connectivity index (χ2v) is 6.60. The van der Waals surface area contributed by atoms with Crippen LogP contribution in [-0.4, -0.2) is 31.6 Å². The zero-order valence-corrected chi connectivity index (χ0v) is 14.3. The number of benzene rings is 1. The molecule has 1 aromatic carbocycles. The summed E-state index contributed by atoms with van der Waals surface area (Å²) in [6.45, 7) is 0.585. The minimum atomic E-state index is -0.0128. The van der Waals surface area contributed by atoms with Crippen LogP contribution in [0.4, 0.5) is 0 Å². The van der Waals surface area contributed by atoms with Crippen molar-refractivity contribution in [2.24, 2.45) is 0 Å². The molecule has 0 atom stereocenters. The summed E-state index contributed by atoms with van der Waals surface area (Å²) < 4.78 is 3.78. The standard InChI is InChI=1S/C18H17N5OS/c24-17(10-15-13-22-8-9-25-18(22)21-15)19-7-6-14-11-20-23(12-14)16-4-2-1-3-5-16/h1-5,8-9,11-13H,6-7,10H2,(H,19,24). The average Bonchev–Trinajstić information content (AvgIpc) is 3.32. The summed E-state index contributed by atoms with van der Waals surface area (Å²) in [5.74, 6) is -0.0128. The number of carbonyl (C=O) groups excluding carboxylic acids is 1. The first kappa shape index (κ1) is 15.6. The molecule has 3 heterocycles. The van der Waals surface area contributed by atoms with Crippen LogP contribution in [0.1, 0.15) is 11.3 Å². The Morgan fingerprint density at radius 1 is 1.20 bits per heavy atom. The van der Waals surface area contributed by atoms with Crippen molar-refractivity contribution in [3.8, 4) is 5.69 Å². The minimum Gasteiger partial charge on any atom is -0.355 e. The van der Waals surface area contributed by atoms with Crippen molar-refractivity contribution < 1.29 is 4.79 Å². The molecule has 0 fully saturated rings.